The zero-order chi connectivity index (χ0) is 22.8. The molecule has 7 heteroatoms. The molecule has 1 amide bonds. The lowest BCUT2D eigenvalue weighted by atomic mass is 9.99. The van der Waals surface area contributed by atoms with Gasteiger partial charge in [0.25, 0.3) is 0 Å². The zero-order valence-corrected chi connectivity index (χ0v) is 18.5. The summed E-state index contributed by atoms with van der Waals surface area (Å²) in [4.78, 5) is 30.2. The maximum absolute atomic E-state index is 13.2. The molecule has 0 bridgehead atoms. The number of hydrogen-bond donors (Lipinski definition) is 2. The summed E-state index contributed by atoms with van der Waals surface area (Å²) in [5.41, 5.74) is 2.44. The monoisotopic (exact) mass is 450 g/mol. The third kappa shape index (κ3) is 6.85. The Bertz CT molecular complexity index is 997. The molecule has 0 aliphatic carbocycles. The minimum Gasteiger partial charge on any atom is -0.487 e. The van der Waals surface area contributed by atoms with Gasteiger partial charge < -0.3 is 14.7 Å². The van der Waals surface area contributed by atoms with Crippen molar-refractivity contribution in [1.82, 2.24) is 4.98 Å². The number of anilines is 1. The average Bonchev–Trinajstić information content (AvgIpc) is 2.83. The number of pyridine rings is 1. The van der Waals surface area contributed by atoms with Gasteiger partial charge in [-0.3, -0.25) is 14.6 Å². The van der Waals surface area contributed by atoms with Crippen molar-refractivity contribution in [3.63, 3.8) is 0 Å². The molecule has 1 unspecified atom stereocenters. The van der Waals surface area contributed by atoms with Gasteiger partial charge in [-0.2, -0.15) is 12.6 Å². The van der Waals surface area contributed by atoms with Crippen molar-refractivity contribution < 1.29 is 19.4 Å². The molecular formula is C25H26N2O4S. The van der Waals surface area contributed by atoms with Crippen LogP contribution in [-0.4, -0.2) is 34.3 Å². The van der Waals surface area contributed by atoms with Crippen molar-refractivity contribution in [2.45, 2.75) is 19.4 Å². The van der Waals surface area contributed by atoms with Crippen molar-refractivity contribution >= 4 is 30.2 Å². The Labute approximate surface area is 193 Å². The van der Waals surface area contributed by atoms with Crippen LogP contribution in [0, 0.1) is 5.92 Å². The van der Waals surface area contributed by atoms with E-state index in [1.54, 1.807) is 30.5 Å². The fraction of sp³-hybridized carbons (Fsp3) is 0.240. The van der Waals surface area contributed by atoms with Gasteiger partial charge >= 0.3 is 5.97 Å². The summed E-state index contributed by atoms with van der Waals surface area (Å²) >= 11 is 4.36. The summed E-state index contributed by atoms with van der Waals surface area (Å²) in [5.74, 6) is -0.766. The highest BCUT2D eigenvalue weighted by Crippen LogP contribution is 2.24. The molecule has 0 aliphatic heterocycles. The average molecular weight is 451 g/mol. The number of hydrogen-bond acceptors (Lipinski definition) is 5. The number of carboxylic acids is 1. The predicted octanol–water partition coefficient (Wildman–Crippen LogP) is 4.26. The van der Waals surface area contributed by atoms with Gasteiger partial charge in [0.1, 0.15) is 18.9 Å². The molecule has 1 atom stereocenters. The SMILES string of the molecule is O=C(O)CN(C(=O)C(CS)CCc1ccccc1)c1ccc(OCc2ccccn2)cc1. The summed E-state index contributed by atoms with van der Waals surface area (Å²) in [5, 5.41) is 9.38. The number of amides is 1. The smallest absolute Gasteiger partial charge is 0.323 e. The quantitative estimate of drug-likeness (QED) is 0.427. The predicted molar refractivity (Wildman–Crippen MR) is 127 cm³/mol. The van der Waals surface area contributed by atoms with E-state index in [1.807, 2.05) is 48.5 Å². The topological polar surface area (TPSA) is 79.7 Å². The normalized spacial score (nSPS) is 11.5. The van der Waals surface area contributed by atoms with Crippen LogP contribution in [0.4, 0.5) is 5.69 Å². The lowest BCUT2D eigenvalue weighted by Crippen LogP contribution is -2.40. The molecule has 1 heterocycles. The van der Waals surface area contributed by atoms with Crippen LogP contribution in [0.25, 0.3) is 0 Å². The lowest BCUT2D eigenvalue weighted by Gasteiger charge is -2.26. The number of carbonyl (C=O) groups excluding carboxylic acids is 1. The molecule has 3 rings (SSSR count). The van der Waals surface area contributed by atoms with Crippen LogP contribution in [0.2, 0.25) is 0 Å². The summed E-state index contributed by atoms with van der Waals surface area (Å²) in [6, 6.07) is 22.3. The second-order valence-electron chi connectivity index (χ2n) is 7.33. The van der Waals surface area contributed by atoms with Crippen LogP contribution in [0.3, 0.4) is 0 Å². The first kappa shape index (κ1) is 23.3. The Kier molecular flexibility index (Phi) is 8.69. The number of ether oxygens (including phenoxy) is 1. The fourth-order valence-corrected chi connectivity index (χ4v) is 3.63. The van der Waals surface area contributed by atoms with Crippen LogP contribution in [0.1, 0.15) is 17.7 Å². The molecule has 6 nitrogen and oxygen atoms in total. The maximum Gasteiger partial charge on any atom is 0.323 e. The molecule has 1 aromatic heterocycles. The number of benzene rings is 2. The number of aromatic nitrogens is 1. The number of carboxylic acid groups (broad SMARTS) is 1. The molecule has 2 aromatic carbocycles. The Balaban J connectivity index is 1.68. The second kappa shape index (κ2) is 11.9. The van der Waals surface area contributed by atoms with Crippen molar-refractivity contribution in [2.75, 3.05) is 17.2 Å². The minimum absolute atomic E-state index is 0.250. The lowest BCUT2D eigenvalue weighted by molar-refractivity contribution is -0.137. The molecule has 0 fully saturated rings. The second-order valence-corrected chi connectivity index (χ2v) is 7.69. The van der Waals surface area contributed by atoms with Gasteiger partial charge in [-0.25, -0.2) is 0 Å². The molecule has 166 valence electrons. The Morgan fingerprint density at radius 1 is 1.00 bits per heavy atom. The van der Waals surface area contributed by atoms with Crippen LogP contribution in [-0.2, 0) is 22.6 Å². The third-order valence-corrected chi connectivity index (χ3v) is 5.46. The van der Waals surface area contributed by atoms with Crippen molar-refractivity contribution in [1.29, 1.82) is 0 Å². The molecule has 0 saturated heterocycles. The molecule has 0 saturated carbocycles. The molecular weight excluding hydrogens is 424 g/mol. The van der Waals surface area contributed by atoms with E-state index in [1.165, 1.54) is 4.90 Å². The van der Waals surface area contributed by atoms with Gasteiger partial charge in [0, 0.05) is 23.6 Å². The van der Waals surface area contributed by atoms with Gasteiger partial charge in [0.2, 0.25) is 5.91 Å². The van der Waals surface area contributed by atoms with Gasteiger partial charge in [0.15, 0.2) is 0 Å². The Morgan fingerprint density at radius 2 is 1.72 bits per heavy atom. The van der Waals surface area contributed by atoms with E-state index in [4.69, 9.17) is 4.74 Å². The summed E-state index contributed by atoms with van der Waals surface area (Å²) in [6.45, 7) is -0.0955. The highest BCUT2D eigenvalue weighted by atomic mass is 32.1. The highest BCUT2D eigenvalue weighted by molar-refractivity contribution is 7.80. The largest absolute Gasteiger partial charge is 0.487 e. The van der Waals surface area contributed by atoms with Crippen molar-refractivity contribution in [2.24, 2.45) is 5.92 Å². The number of carbonyl (C=O) groups is 2. The molecule has 3 aromatic rings. The highest BCUT2D eigenvalue weighted by Gasteiger charge is 2.26. The summed E-state index contributed by atoms with van der Waals surface area (Å²) in [7, 11) is 0. The van der Waals surface area contributed by atoms with Crippen molar-refractivity contribution in [3.8, 4) is 5.75 Å². The van der Waals surface area contributed by atoms with Crippen LogP contribution < -0.4 is 9.64 Å². The fourth-order valence-electron chi connectivity index (χ4n) is 3.29. The standard InChI is InChI=1S/C25H26N2O4S/c28-24(29)16-27(25(30)20(18-32)10-9-19-6-2-1-3-7-19)22-11-13-23(14-12-22)31-17-21-8-4-5-15-26-21/h1-8,11-15,20,32H,9-10,16-18H2,(H,28,29). The minimum atomic E-state index is -1.07. The Hall–Kier alpha value is -3.32. The number of rotatable bonds is 11. The molecule has 0 aliphatic rings. The van der Waals surface area contributed by atoms with Crippen LogP contribution in [0.15, 0.2) is 79.0 Å². The van der Waals surface area contributed by atoms with Gasteiger partial charge in [-0.05, 0) is 54.8 Å². The Morgan fingerprint density at radius 3 is 2.34 bits per heavy atom. The molecule has 1 N–H and O–H groups in total. The first-order valence-corrected chi connectivity index (χ1v) is 11.0. The number of thiol groups is 1. The molecule has 0 radical (unpaired) electrons. The van der Waals surface area contributed by atoms with Gasteiger partial charge in [0.05, 0.1) is 5.69 Å². The number of nitrogens with zero attached hydrogens (tertiary/aromatic N) is 2. The van der Waals surface area contributed by atoms with Gasteiger partial charge in [-0.15, -0.1) is 0 Å². The molecule has 0 spiro atoms. The first-order valence-electron chi connectivity index (χ1n) is 10.4. The van der Waals surface area contributed by atoms with E-state index in [2.05, 4.69) is 17.6 Å². The van der Waals surface area contributed by atoms with Crippen molar-refractivity contribution in [3.05, 3.63) is 90.3 Å². The van der Waals surface area contributed by atoms with E-state index in [0.717, 1.165) is 17.7 Å². The van der Waals surface area contributed by atoms with E-state index < -0.39 is 18.4 Å². The number of aliphatic carboxylic acids is 1. The first-order chi connectivity index (χ1) is 15.6. The zero-order valence-electron chi connectivity index (χ0n) is 17.6. The van der Waals surface area contributed by atoms with Crippen LogP contribution in [0.5, 0.6) is 5.75 Å². The van der Waals surface area contributed by atoms with E-state index in [9.17, 15) is 14.7 Å². The van der Waals surface area contributed by atoms with Crippen LogP contribution >= 0.6 is 12.6 Å². The van der Waals surface area contributed by atoms with E-state index >= 15 is 0 Å². The summed E-state index contributed by atoms with van der Waals surface area (Å²) in [6.07, 6.45) is 3.01. The third-order valence-electron chi connectivity index (χ3n) is 5.01. The summed E-state index contributed by atoms with van der Waals surface area (Å²) < 4.78 is 5.73. The van der Waals surface area contributed by atoms with E-state index in [0.29, 0.717) is 30.2 Å². The van der Waals surface area contributed by atoms with Gasteiger partial charge in [-0.1, -0.05) is 36.4 Å². The number of aryl methyl sites for hydroxylation is 1. The molecule has 32 heavy (non-hydrogen) atoms. The maximum atomic E-state index is 13.2. The van der Waals surface area contributed by atoms with E-state index in [-0.39, 0.29) is 5.91 Å².